The molecular formula is C9H14ClN3. The van der Waals surface area contributed by atoms with Gasteiger partial charge in [0.15, 0.2) is 0 Å². The zero-order valence-corrected chi connectivity index (χ0v) is 8.89. The van der Waals surface area contributed by atoms with Gasteiger partial charge in [-0.3, -0.25) is 0 Å². The number of hydrogen-bond acceptors (Lipinski definition) is 3. The van der Waals surface area contributed by atoms with E-state index in [-0.39, 0.29) is 0 Å². The molecule has 0 radical (unpaired) electrons. The van der Waals surface area contributed by atoms with Crippen LogP contribution in [0.4, 0.5) is 5.82 Å². The van der Waals surface area contributed by atoms with E-state index in [0.717, 1.165) is 5.56 Å². The van der Waals surface area contributed by atoms with Crippen molar-refractivity contribution in [3.05, 3.63) is 23.6 Å². The fourth-order valence-corrected chi connectivity index (χ4v) is 0.964. The molecule has 1 heterocycles. The van der Waals surface area contributed by atoms with Gasteiger partial charge in [0, 0.05) is 7.05 Å². The summed E-state index contributed by atoms with van der Waals surface area (Å²) >= 11 is 5.75. The molecule has 0 aliphatic carbocycles. The molecule has 0 aliphatic rings. The molecule has 0 bridgehead atoms. The average Bonchev–Trinajstić information content (AvgIpc) is 2.20. The highest BCUT2D eigenvalue weighted by Crippen LogP contribution is 2.19. The third-order valence-corrected chi connectivity index (χ3v) is 1.58. The lowest BCUT2D eigenvalue weighted by atomic mass is 10.3. The van der Waals surface area contributed by atoms with Crippen LogP contribution in [0.5, 0.6) is 0 Å². The van der Waals surface area contributed by atoms with Crippen molar-refractivity contribution in [2.45, 2.75) is 13.8 Å². The fraction of sp³-hybridized carbons (Fsp3) is 0.333. The molecule has 1 rings (SSSR count). The summed E-state index contributed by atoms with van der Waals surface area (Å²) in [5.74, 6) is 0.694. The Morgan fingerprint density at radius 2 is 2.08 bits per heavy atom. The number of nitrogens with zero attached hydrogens (tertiary/aromatic N) is 2. The van der Waals surface area contributed by atoms with Crippen LogP contribution in [0.2, 0.25) is 5.15 Å². The van der Waals surface area contributed by atoms with Crippen LogP contribution in [0.1, 0.15) is 19.4 Å². The molecule has 4 heteroatoms. The highest BCUT2D eigenvalue weighted by atomic mass is 35.5. The zero-order valence-electron chi connectivity index (χ0n) is 8.13. The van der Waals surface area contributed by atoms with Gasteiger partial charge < -0.3 is 5.32 Å². The van der Waals surface area contributed by atoms with E-state index in [1.807, 2.05) is 13.8 Å². The lowest BCUT2D eigenvalue weighted by molar-refractivity contribution is 1.15. The van der Waals surface area contributed by atoms with E-state index in [0.29, 0.717) is 11.0 Å². The van der Waals surface area contributed by atoms with Crippen LogP contribution < -0.4 is 5.32 Å². The first-order chi connectivity index (χ1) is 6.29. The van der Waals surface area contributed by atoms with Gasteiger partial charge in [0.25, 0.3) is 0 Å². The van der Waals surface area contributed by atoms with Crippen molar-refractivity contribution in [1.29, 1.82) is 0 Å². The number of anilines is 1. The quantitative estimate of drug-likeness (QED) is 0.745. The maximum atomic E-state index is 5.75. The summed E-state index contributed by atoms with van der Waals surface area (Å²) in [5, 5.41) is 3.30. The molecule has 0 saturated heterocycles. The summed E-state index contributed by atoms with van der Waals surface area (Å²) in [4.78, 5) is 7.75. The van der Waals surface area contributed by atoms with Gasteiger partial charge in [-0.2, -0.15) is 0 Å². The van der Waals surface area contributed by atoms with Crippen molar-refractivity contribution in [3.63, 3.8) is 0 Å². The summed E-state index contributed by atoms with van der Waals surface area (Å²) in [7, 11) is 1.77. The van der Waals surface area contributed by atoms with Crippen LogP contribution in [0.3, 0.4) is 0 Å². The highest BCUT2D eigenvalue weighted by Gasteiger charge is 2.02. The summed E-state index contributed by atoms with van der Waals surface area (Å²) in [5.41, 5.74) is 0.733. The number of aromatic nitrogens is 2. The van der Waals surface area contributed by atoms with E-state index in [1.165, 1.54) is 6.33 Å². The number of rotatable bonds is 2. The van der Waals surface area contributed by atoms with Crippen molar-refractivity contribution >= 4 is 23.5 Å². The minimum absolute atomic E-state index is 0.416. The molecule has 0 saturated carbocycles. The van der Waals surface area contributed by atoms with Crippen LogP contribution in [0.15, 0.2) is 12.9 Å². The van der Waals surface area contributed by atoms with E-state index in [1.54, 1.807) is 13.1 Å². The lowest BCUT2D eigenvalue weighted by Crippen LogP contribution is -1.96. The molecule has 0 spiro atoms. The van der Waals surface area contributed by atoms with E-state index >= 15 is 0 Å². The first-order valence-electron chi connectivity index (χ1n) is 4.10. The molecule has 0 unspecified atom stereocenters. The topological polar surface area (TPSA) is 37.8 Å². The molecule has 1 aromatic heterocycles. The smallest absolute Gasteiger partial charge is 0.141 e. The van der Waals surface area contributed by atoms with Crippen molar-refractivity contribution in [2.75, 3.05) is 12.4 Å². The van der Waals surface area contributed by atoms with Gasteiger partial charge in [-0.15, -0.1) is 0 Å². The Kier molecular flexibility index (Phi) is 5.89. The van der Waals surface area contributed by atoms with E-state index in [2.05, 4.69) is 21.9 Å². The van der Waals surface area contributed by atoms with Gasteiger partial charge in [0.2, 0.25) is 0 Å². The Morgan fingerprint density at radius 3 is 2.46 bits per heavy atom. The summed E-state index contributed by atoms with van der Waals surface area (Å²) < 4.78 is 0. The predicted molar refractivity (Wildman–Crippen MR) is 58.0 cm³/mol. The van der Waals surface area contributed by atoms with Crippen molar-refractivity contribution in [2.24, 2.45) is 0 Å². The molecule has 0 atom stereocenters. The van der Waals surface area contributed by atoms with Crippen LogP contribution in [-0.4, -0.2) is 17.0 Å². The first-order valence-corrected chi connectivity index (χ1v) is 4.48. The maximum absolute atomic E-state index is 5.75. The maximum Gasteiger partial charge on any atom is 0.141 e. The number of nitrogens with one attached hydrogen (secondary N) is 1. The Labute approximate surface area is 83.9 Å². The second-order valence-corrected chi connectivity index (χ2v) is 2.24. The van der Waals surface area contributed by atoms with Crippen LogP contribution in [0.25, 0.3) is 6.08 Å². The molecule has 1 N–H and O–H groups in total. The van der Waals surface area contributed by atoms with Crippen LogP contribution >= 0.6 is 11.6 Å². The van der Waals surface area contributed by atoms with Crippen molar-refractivity contribution in [1.82, 2.24) is 9.97 Å². The van der Waals surface area contributed by atoms with Gasteiger partial charge >= 0.3 is 0 Å². The lowest BCUT2D eigenvalue weighted by Gasteiger charge is -2.03. The second kappa shape index (κ2) is 6.43. The SMILES string of the molecule is C=Cc1c(Cl)ncnc1NC.CC. The van der Waals surface area contributed by atoms with Crippen LogP contribution in [-0.2, 0) is 0 Å². The van der Waals surface area contributed by atoms with Gasteiger partial charge in [-0.25, -0.2) is 9.97 Å². The largest absolute Gasteiger partial charge is 0.373 e. The van der Waals surface area contributed by atoms with Gasteiger partial charge in [0.1, 0.15) is 17.3 Å². The zero-order chi connectivity index (χ0) is 10.3. The van der Waals surface area contributed by atoms with E-state index < -0.39 is 0 Å². The Bertz CT molecular complexity index is 274. The third kappa shape index (κ3) is 3.03. The van der Waals surface area contributed by atoms with Gasteiger partial charge in [-0.1, -0.05) is 38.1 Å². The Balaban J connectivity index is 0.000000671. The molecule has 72 valence electrons. The Morgan fingerprint density at radius 1 is 1.46 bits per heavy atom. The molecular weight excluding hydrogens is 186 g/mol. The van der Waals surface area contributed by atoms with Gasteiger partial charge in [0.05, 0.1) is 5.56 Å². The van der Waals surface area contributed by atoms with E-state index in [9.17, 15) is 0 Å². The number of halogens is 1. The van der Waals surface area contributed by atoms with Gasteiger partial charge in [-0.05, 0) is 0 Å². The standard InChI is InChI=1S/C7H8ClN3.C2H6/c1-3-5-6(8)10-4-11-7(5)9-2;1-2/h3-4H,1H2,2H3,(H,9,10,11);1-2H3. The molecule has 3 nitrogen and oxygen atoms in total. The fourth-order valence-electron chi connectivity index (χ4n) is 0.754. The minimum atomic E-state index is 0.416. The minimum Gasteiger partial charge on any atom is -0.373 e. The normalized spacial score (nSPS) is 8.31. The number of hydrogen-bond donors (Lipinski definition) is 1. The molecule has 1 aromatic rings. The first kappa shape index (κ1) is 11.9. The molecule has 13 heavy (non-hydrogen) atoms. The molecule has 0 aliphatic heterocycles. The van der Waals surface area contributed by atoms with E-state index in [4.69, 9.17) is 11.6 Å². The summed E-state index contributed by atoms with van der Waals surface area (Å²) in [6.45, 7) is 7.60. The molecule has 0 amide bonds. The van der Waals surface area contributed by atoms with Crippen molar-refractivity contribution in [3.8, 4) is 0 Å². The highest BCUT2D eigenvalue weighted by molar-refractivity contribution is 6.31. The third-order valence-electron chi connectivity index (χ3n) is 1.28. The monoisotopic (exact) mass is 199 g/mol. The molecule has 0 aromatic carbocycles. The Hall–Kier alpha value is -1.09. The summed E-state index contributed by atoms with van der Waals surface area (Å²) in [6.07, 6.45) is 3.02. The predicted octanol–water partition coefficient (Wildman–Crippen LogP) is 2.84. The summed E-state index contributed by atoms with van der Waals surface area (Å²) in [6, 6.07) is 0. The van der Waals surface area contributed by atoms with Crippen molar-refractivity contribution < 1.29 is 0 Å². The second-order valence-electron chi connectivity index (χ2n) is 1.88. The van der Waals surface area contributed by atoms with Crippen LogP contribution in [0, 0.1) is 0 Å². The molecule has 0 fully saturated rings. The average molecular weight is 200 g/mol.